The Labute approximate surface area is 371 Å². The van der Waals surface area contributed by atoms with Crippen LogP contribution in [0, 0.1) is 0 Å². The van der Waals surface area contributed by atoms with Crippen molar-refractivity contribution in [1.82, 2.24) is 40.0 Å². The van der Waals surface area contributed by atoms with Crippen LogP contribution in [0.25, 0.3) is 5.65 Å². The minimum atomic E-state index is -1.10. The van der Waals surface area contributed by atoms with E-state index in [1.54, 1.807) is 4.52 Å². The average molecular weight is 880 g/mol. The highest BCUT2D eigenvalue weighted by atomic mass is 16.5. The number of carbonyl (C=O) groups is 6. The van der Waals surface area contributed by atoms with E-state index in [9.17, 15) is 28.8 Å². The average Bonchev–Trinajstić information content (AvgIpc) is 3.81. The minimum Gasteiger partial charge on any atom is -0.483 e. The molecule has 2 aromatic heterocycles. The SMILES string of the molecule is CC(C)c1cnn2c(NCc3ccc(NC(=O)CCCCCCNC(=O)COc4cccc5c4C(=O)N(C4CCC(=O)NC4=O)C5=O)cc3N(C)C)nc(OC3CCN(C)CC3)nc12. The Hall–Kier alpha value is -6.63. The topological polar surface area (TPSA) is 222 Å². The number of unbranched alkanes of at least 4 members (excludes halogenated alkanes) is 3. The number of hydrogen-bond donors (Lipinski definition) is 4. The molecule has 0 aliphatic carbocycles. The fourth-order valence-corrected chi connectivity index (χ4v) is 8.10. The number of nitrogens with one attached hydrogen (secondary N) is 4. The Bertz CT molecular complexity index is 2410. The lowest BCUT2D eigenvalue weighted by molar-refractivity contribution is -0.136. The normalized spacial score (nSPS) is 16.8. The summed E-state index contributed by atoms with van der Waals surface area (Å²) in [6.07, 6.45) is 7.05. The van der Waals surface area contributed by atoms with Crippen LogP contribution in [0.3, 0.4) is 0 Å². The Balaban J connectivity index is 0.835. The molecule has 4 N–H and O–H groups in total. The maximum Gasteiger partial charge on any atom is 0.322 e. The molecule has 0 bridgehead atoms. The van der Waals surface area contributed by atoms with Gasteiger partial charge >= 0.3 is 6.01 Å². The summed E-state index contributed by atoms with van der Waals surface area (Å²) >= 11 is 0. The standard InChI is InChI=1S/C45H57N11O8/c1-27(2)32-25-48-56-40(32)51-45(64-30-18-21-54(5)22-19-30)52-44(56)47-24-28-14-15-29(23-34(28)53(3)4)49-36(57)13-8-6-7-9-20-46-38(59)26-63-35-12-10-11-31-39(35)43(62)55(42(31)61)33-16-17-37(58)50-41(33)60/h10-12,14-15,23,25,27,30,33H,6-9,13,16-22,24,26H2,1-5H3,(H,46,59)(H,49,57)(H,47,51,52)(H,50,58,60). The van der Waals surface area contributed by atoms with E-state index >= 15 is 0 Å². The highest BCUT2D eigenvalue weighted by Crippen LogP contribution is 2.34. The lowest BCUT2D eigenvalue weighted by Gasteiger charge is -2.28. The van der Waals surface area contributed by atoms with Crippen molar-refractivity contribution < 1.29 is 38.2 Å². The van der Waals surface area contributed by atoms with Gasteiger partial charge in [0.05, 0.1) is 17.3 Å². The number of carbonyl (C=O) groups excluding carboxylic acids is 6. The Morgan fingerprint density at radius 3 is 2.48 bits per heavy atom. The number of piperidine rings is 2. The van der Waals surface area contributed by atoms with Crippen molar-refractivity contribution in [3.8, 4) is 11.8 Å². The third-order valence-electron chi connectivity index (χ3n) is 11.7. The van der Waals surface area contributed by atoms with E-state index in [0.717, 1.165) is 60.5 Å². The van der Waals surface area contributed by atoms with E-state index < -0.39 is 35.6 Å². The summed E-state index contributed by atoms with van der Waals surface area (Å²) < 4.78 is 13.7. The zero-order chi connectivity index (χ0) is 45.5. The molecule has 0 saturated carbocycles. The molecule has 2 fully saturated rings. The van der Waals surface area contributed by atoms with Crippen molar-refractivity contribution in [2.75, 3.05) is 62.9 Å². The van der Waals surface area contributed by atoms with E-state index in [0.29, 0.717) is 55.6 Å². The third kappa shape index (κ3) is 10.6. The first-order valence-electron chi connectivity index (χ1n) is 22.0. The molecule has 6 amide bonds. The van der Waals surface area contributed by atoms with Crippen LogP contribution in [0.2, 0.25) is 0 Å². The number of likely N-dealkylation sites (tertiary alicyclic amines) is 1. The number of imide groups is 2. The van der Waals surface area contributed by atoms with Crippen LogP contribution >= 0.6 is 0 Å². The van der Waals surface area contributed by atoms with Gasteiger partial charge in [0, 0.05) is 70.1 Å². The highest BCUT2D eigenvalue weighted by Gasteiger charge is 2.46. The van der Waals surface area contributed by atoms with E-state index in [4.69, 9.17) is 19.4 Å². The lowest BCUT2D eigenvalue weighted by Crippen LogP contribution is -2.54. The first-order chi connectivity index (χ1) is 30.8. The molecule has 19 heteroatoms. The predicted molar refractivity (Wildman–Crippen MR) is 237 cm³/mol. The first kappa shape index (κ1) is 45.4. The molecule has 2 aromatic carbocycles. The van der Waals surface area contributed by atoms with Crippen LogP contribution in [-0.2, 0) is 25.7 Å². The molecule has 19 nitrogen and oxygen atoms in total. The molecule has 4 aromatic rings. The number of amides is 6. The van der Waals surface area contributed by atoms with Gasteiger partial charge in [-0.15, -0.1) is 0 Å². The van der Waals surface area contributed by atoms with Crippen LogP contribution in [-0.4, -0.2) is 124 Å². The second-order valence-corrected chi connectivity index (χ2v) is 17.0. The third-order valence-corrected chi connectivity index (χ3v) is 11.7. The molecule has 1 unspecified atom stereocenters. The van der Waals surface area contributed by atoms with Gasteiger partial charge in [-0.2, -0.15) is 19.6 Å². The smallest absolute Gasteiger partial charge is 0.322 e. The summed E-state index contributed by atoms with van der Waals surface area (Å²) in [6.45, 7) is 6.60. The molecule has 3 aliphatic heterocycles. The highest BCUT2D eigenvalue weighted by molar-refractivity contribution is 6.24. The zero-order valence-corrected chi connectivity index (χ0v) is 37.1. The summed E-state index contributed by atoms with van der Waals surface area (Å²) in [5, 5.41) is 16.1. The molecule has 1 atom stereocenters. The van der Waals surface area contributed by atoms with Crippen molar-refractivity contribution in [3.63, 3.8) is 0 Å². The quantitative estimate of drug-likeness (QED) is 0.0776. The molecule has 0 radical (unpaired) electrons. The van der Waals surface area contributed by atoms with Gasteiger partial charge in [-0.1, -0.05) is 38.8 Å². The summed E-state index contributed by atoms with van der Waals surface area (Å²) in [7, 11) is 6.03. The number of rotatable bonds is 19. The summed E-state index contributed by atoms with van der Waals surface area (Å²) in [5.41, 5.74) is 4.40. The maximum absolute atomic E-state index is 13.3. The van der Waals surface area contributed by atoms with Gasteiger partial charge in [0.1, 0.15) is 17.9 Å². The van der Waals surface area contributed by atoms with Gasteiger partial charge in [-0.3, -0.25) is 39.0 Å². The number of anilines is 3. The van der Waals surface area contributed by atoms with E-state index in [1.165, 1.54) is 18.2 Å². The number of hydrogen-bond acceptors (Lipinski definition) is 14. The predicted octanol–water partition coefficient (Wildman–Crippen LogP) is 3.88. The zero-order valence-electron chi connectivity index (χ0n) is 37.1. The molecule has 3 aliphatic rings. The largest absolute Gasteiger partial charge is 0.483 e. The summed E-state index contributed by atoms with van der Waals surface area (Å²) in [4.78, 5) is 90.5. The van der Waals surface area contributed by atoms with Crippen molar-refractivity contribution in [1.29, 1.82) is 0 Å². The van der Waals surface area contributed by atoms with Gasteiger partial charge in [0.15, 0.2) is 12.3 Å². The lowest BCUT2D eigenvalue weighted by atomic mass is 10.0. The van der Waals surface area contributed by atoms with Crippen LogP contribution < -0.4 is 35.6 Å². The maximum atomic E-state index is 13.3. The van der Waals surface area contributed by atoms with Crippen molar-refractivity contribution in [2.45, 2.75) is 96.2 Å². The molecule has 340 valence electrons. The number of fused-ring (bicyclic) bond motifs is 2. The van der Waals surface area contributed by atoms with E-state index in [1.807, 2.05) is 43.4 Å². The van der Waals surface area contributed by atoms with Crippen LogP contribution in [0.5, 0.6) is 11.8 Å². The monoisotopic (exact) mass is 879 g/mol. The van der Waals surface area contributed by atoms with Crippen molar-refractivity contribution in [3.05, 3.63) is 64.8 Å². The van der Waals surface area contributed by atoms with Crippen LogP contribution in [0.15, 0.2) is 42.6 Å². The molecule has 2 saturated heterocycles. The van der Waals surface area contributed by atoms with E-state index in [2.05, 4.69) is 52.2 Å². The minimum absolute atomic E-state index is 0.00993. The Kier molecular flexibility index (Phi) is 14.4. The number of nitrogens with zero attached hydrogens (tertiary/aromatic N) is 7. The molecule has 7 rings (SSSR count). The van der Waals surface area contributed by atoms with Gasteiger partial charge < -0.3 is 35.2 Å². The number of aromatic nitrogens is 4. The van der Waals surface area contributed by atoms with Crippen molar-refractivity contribution in [2.24, 2.45) is 0 Å². The van der Waals surface area contributed by atoms with Gasteiger partial charge in [0.25, 0.3) is 17.7 Å². The number of benzene rings is 2. The molecule has 64 heavy (non-hydrogen) atoms. The number of ether oxygens (including phenoxy) is 2. The first-order valence-corrected chi connectivity index (χ1v) is 22.0. The Morgan fingerprint density at radius 2 is 1.73 bits per heavy atom. The molecule has 0 spiro atoms. The van der Waals surface area contributed by atoms with Crippen LogP contribution in [0.4, 0.5) is 17.3 Å². The second-order valence-electron chi connectivity index (χ2n) is 17.0. The molecular formula is C45H57N11O8. The van der Waals surface area contributed by atoms with Gasteiger partial charge in [0.2, 0.25) is 23.7 Å². The second kappa shape index (κ2) is 20.3. The molecular weight excluding hydrogens is 823 g/mol. The fraction of sp³-hybridized carbons (Fsp3) is 0.489. The van der Waals surface area contributed by atoms with Gasteiger partial charge in [-0.25, -0.2) is 0 Å². The van der Waals surface area contributed by atoms with Gasteiger partial charge in [-0.05, 0) is 74.9 Å². The van der Waals surface area contributed by atoms with Crippen LogP contribution in [0.1, 0.15) is 109 Å². The van der Waals surface area contributed by atoms with Crippen molar-refractivity contribution >= 4 is 58.4 Å². The molecule has 5 heterocycles. The Morgan fingerprint density at radius 1 is 0.953 bits per heavy atom. The summed E-state index contributed by atoms with van der Waals surface area (Å²) in [6, 6.07) is 9.54. The van der Waals surface area contributed by atoms with E-state index in [-0.39, 0.29) is 54.3 Å². The summed E-state index contributed by atoms with van der Waals surface area (Å²) in [5.74, 6) is -2.21. The fourth-order valence-electron chi connectivity index (χ4n) is 8.10.